The summed E-state index contributed by atoms with van der Waals surface area (Å²) in [5, 5.41) is 10.6. The van der Waals surface area contributed by atoms with Crippen molar-refractivity contribution in [3.05, 3.63) is 0 Å². The highest BCUT2D eigenvalue weighted by Gasteiger charge is 2.30. The average molecular weight is 1400 g/mol. The number of hydrogen-bond donors (Lipinski definition) is 3. The molecule has 3 N–H and O–H groups in total. The van der Waals surface area contributed by atoms with Gasteiger partial charge in [0.05, 0.1) is 26.4 Å². The number of phosphoric acid groups is 2. The van der Waals surface area contributed by atoms with E-state index in [1.807, 2.05) is 0 Å². The fourth-order valence-corrected chi connectivity index (χ4v) is 13.1. The molecule has 0 saturated carbocycles. The first-order valence-electron chi connectivity index (χ1n) is 39.2. The summed E-state index contributed by atoms with van der Waals surface area (Å²) in [4.78, 5) is 72.8. The van der Waals surface area contributed by atoms with Crippen LogP contribution in [0.5, 0.6) is 0 Å². The molecule has 3 unspecified atom stereocenters. The zero-order valence-electron chi connectivity index (χ0n) is 62.3. The van der Waals surface area contributed by atoms with Crippen molar-refractivity contribution in [1.82, 2.24) is 0 Å². The van der Waals surface area contributed by atoms with Gasteiger partial charge in [-0.3, -0.25) is 37.3 Å². The minimum absolute atomic E-state index is 0.103. The van der Waals surface area contributed by atoms with Crippen molar-refractivity contribution in [2.75, 3.05) is 39.6 Å². The third-order valence-electron chi connectivity index (χ3n) is 17.6. The van der Waals surface area contributed by atoms with Crippen molar-refractivity contribution >= 4 is 39.5 Å². The predicted molar refractivity (Wildman–Crippen MR) is 386 cm³/mol. The third-order valence-corrected chi connectivity index (χ3v) is 19.5. The summed E-state index contributed by atoms with van der Waals surface area (Å²) in [7, 11) is -9.91. The zero-order chi connectivity index (χ0) is 70.3. The molecule has 0 aromatic carbocycles. The number of carbonyl (C=O) groups excluding carboxylic acids is 4. The molecule has 0 fully saturated rings. The zero-order valence-corrected chi connectivity index (χ0v) is 64.1. The third kappa shape index (κ3) is 70.3. The molecule has 0 spiro atoms. The van der Waals surface area contributed by atoms with Crippen LogP contribution in [0.1, 0.15) is 383 Å². The second kappa shape index (κ2) is 65.4. The Bertz CT molecular complexity index is 1870. The molecule has 0 heterocycles. The van der Waals surface area contributed by atoms with E-state index < -0.39 is 97.5 Å². The molecule has 0 saturated heterocycles. The summed E-state index contributed by atoms with van der Waals surface area (Å²) in [6.45, 7) is 14.1. The number of phosphoric ester groups is 2. The van der Waals surface area contributed by atoms with Crippen molar-refractivity contribution in [3.63, 3.8) is 0 Å². The Morgan fingerprint density at radius 3 is 0.653 bits per heavy atom. The van der Waals surface area contributed by atoms with Crippen LogP contribution >= 0.6 is 15.6 Å². The van der Waals surface area contributed by atoms with Gasteiger partial charge in [0.25, 0.3) is 0 Å². The Labute approximate surface area is 581 Å². The molecule has 95 heavy (non-hydrogen) atoms. The van der Waals surface area contributed by atoms with E-state index in [-0.39, 0.29) is 25.7 Å². The monoisotopic (exact) mass is 1400 g/mol. The lowest BCUT2D eigenvalue weighted by atomic mass is 10.0. The number of ether oxygens (including phenoxy) is 4. The summed E-state index contributed by atoms with van der Waals surface area (Å²) in [6, 6.07) is 0. The van der Waals surface area contributed by atoms with Gasteiger partial charge in [0, 0.05) is 25.7 Å². The summed E-state index contributed by atoms with van der Waals surface area (Å²) in [6.07, 6.45) is 50.1. The second-order valence-corrected chi connectivity index (χ2v) is 32.2. The molecule has 0 bridgehead atoms. The molecule has 0 aromatic rings. The number of aliphatic hydroxyl groups is 1. The van der Waals surface area contributed by atoms with E-state index in [0.717, 1.165) is 108 Å². The Balaban J connectivity index is 5.23. The normalized spacial score (nSPS) is 14.1. The maximum atomic E-state index is 13.1. The fourth-order valence-electron chi connectivity index (χ4n) is 11.6. The van der Waals surface area contributed by atoms with Gasteiger partial charge < -0.3 is 33.8 Å². The van der Waals surface area contributed by atoms with Gasteiger partial charge in [-0.25, -0.2) is 9.13 Å². The van der Waals surface area contributed by atoms with Crippen LogP contribution < -0.4 is 0 Å². The standard InChI is InChI=1S/C76H148O17P2/c1-66(2)52-44-36-28-21-17-13-9-11-15-19-23-32-40-48-56-73(78)86-62-71(92-75(80)58-50-42-34-24-20-16-12-10-14-18-22-29-37-45-53-67(3)4)64-90-94(82,83)88-60-70(77)61-89-95(84,85)91-65-72(93-76(81)59-51-43-35-27-31-39-47-55-69(7)8)63-87-74(79)57-49-41-33-26-25-30-38-46-54-68(5)6/h66-72,77H,9-65H2,1-8H3,(H,82,83)(H,84,85)/t70?,71-,72-/m1/s1. The highest BCUT2D eigenvalue weighted by molar-refractivity contribution is 7.47. The summed E-state index contributed by atoms with van der Waals surface area (Å²) >= 11 is 0. The van der Waals surface area contributed by atoms with Crippen LogP contribution in [0.4, 0.5) is 0 Å². The molecule has 0 aliphatic rings. The van der Waals surface area contributed by atoms with E-state index >= 15 is 0 Å². The summed E-state index contributed by atoms with van der Waals surface area (Å²) in [5.41, 5.74) is 0. The minimum atomic E-state index is -4.96. The molecule has 19 heteroatoms. The topological polar surface area (TPSA) is 237 Å². The largest absolute Gasteiger partial charge is 0.472 e. The number of hydrogen-bond acceptors (Lipinski definition) is 15. The Kier molecular flexibility index (Phi) is 64.0. The number of carbonyl (C=O) groups is 4. The molecule has 0 radical (unpaired) electrons. The first-order chi connectivity index (χ1) is 45.6. The van der Waals surface area contributed by atoms with Crippen LogP contribution in [0.25, 0.3) is 0 Å². The van der Waals surface area contributed by atoms with Crippen LogP contribution in [-0.2, 0) is 65.4 Å². The summed E-state index contributed by atoms with van der Waals surface area (Å²) < 4.78 is 68.5. The van der Waals surface area contributed by atoms with Crippen LogP contribution in [0, 0.1) is 23.7 Å². The molecule has 0 aliphatic carbocycles. The molecule has 0 aromatic heterocycles. The van der Waals surface area contributed by atoms with Crippen LogP contribution in [0.3, 0.4) is 0 Å². The number of esters is 4. The van der Waals surface area contributed by atoms with Crippen molar-refractivity contribution in [1.29, 1.82) is 0 Å². The first-order valence-corrected chi connectivity index (χ1v) is 42.2. The van der Waals surface area contributed by atoms with Gasteiger partial charge in [-0.15, -0.1) is 0 Å². The highest BCUT2D eigenvalue weighted by atomic mass is 31.2. The van der Waals surface area contributed by atoms with Gasteiger partial charge in [0.2, 0.25) is 0 Å². The van der Waals surface area contributed by atoms with Gasteiger partial charge in [0.1, 0.15) is 19.3 Å². The van der Waals surface area contributed by atoms with Crippen molar-refractivity contribution in [2.24, 2.45) is 23.7 Å². The molecule has 0 aliphatic heterocycles. The van der Waals surface area contributed by atoms with Gasteiger partial charge in [-0.2, -0.15) is 0 Å². The van der Waals surface area contributed by atoms with Gasteiger partial charge in [0.15, 0.2) is 12.2 Å². The van der Waals surface area contributed by atoms with E-state index in [4.69, 9.17) is 37.0 Å². The molecule has 5 atom stereocenters. The lowest BCUT2D eigenvalue weighted by Crippen LogP contribution is -2.30. The second-order valence-electron chi connectivity index (χ2n) is 29.3. The molecular formula is C76H148O17P2. The molecule has 0 amide bonds. The van der Waals surface area contributed by atoms with Crippen LogP contribution in [-0.4, -0.2) is 96.7 Å². The molecule has 564 valence electrons. The molecule has 0 rings (SSSR count). The van der Waals surface area contributed by atoms with E-state index in [2.05, 4.69) is 55.4 Å². The Morgan fingerprint density at radius 2 is 0.442 bits per heavy atom. The van der Waals surface area contributed by atoms with Crippen LogP contribution in [0.15, 0.2) is 0 Å². The van der Waals surface area contributed by atoms with E-state index in [1.54, 1.807) is 0 Å². The van der Waals surface area contributed by atoms with Crippen LogP contribution in [0.2, 0.25) is 0 Å². The quantitative estimate of drug-likeness (QED) is 0.0222. The summed E-state index contributed by atoms with van der Waals surface area (Å²) in [5.74, 6) is 0.893. The van der Waals surface area contributed by atoms with Gasteiger partial charge in [-0.05, 0) is 49.4 Å². The predicted octanol–water partition coefficient (Wildman–Crippen LogP) is 22.0. The van der Waals surface area contributed by atoms with Gasteiger partial charge in [-0.1, -0.05) is 331 Å². The lowest BCUT2D eigenvalue weighted by molar-refractivity contribution is -0.161. The number of aliphatic hydroxyl groups excluding tert-OH is 1. The maximum absolute atomic E-state index is 13.1. The minimum Gasteiger partial charge on any atom is -0.462 e. The smallest absolute Gasteiger partial charge is 0.462 e. The average Bonchev–Trinajstić information content (AvgIpc) is 1.63. The lowest BCUT2D eigenvalue weighted by Gasteiger charge is -2.21. The maximum Gasteiger partial charge on any atom is 0.472 e. The number of unbranched alkanes of at least 4 members (excludes halogenated alkanes) is 39. The first kappa shape index (κ1) is 93.1. The highest BCUT2D eigenvalue weighted by Crippen LogP contribution is 2.45. The Morgan fingerprint density at radius 1 is 0.263 bits per heavy atom. The Hall–Kier alpha value is -1.94. The number of rotatable bonds is 73. The van der Waals surface area contributed by atoms with E-state index in [1.165, 1.54) is 186 Å². The molecular weight excluding hydrogens is 1250 g/mol. The van der Waals surface area contributed by atoms with Crippen molar-refractivity contribution in [3.8, 4) is 0 Å². The van der Waals surface area contributed by atoms with E-state index in [0.29, 0.717) is 31.6 Å². The SMILES string of the molecule is CC(C)CCCCCCCCCCCCCCCCC(=O)OC[C@H](COP(=O)(O)OCC(O)COP(=O)(O)OC[C@@H](COC(=O)CCCCCCCCCCC(C)C)OC(=O)CCCCCCCCCC(C)C)OC(=O)CCCCCCCCCCCCCCCCC(C)C. The van der Waals surface area contributed by atoms with E-state index in [9.17, 15) is 43.2 Å². The van der Waals surface area contributed by atoms with Crippen molar-refractivity contribution in [2.45, 2.75) is 401 Å². The van der Waals surface area contributed by atoms with Crippen molar-refractivity contribution < 1.29 is 80.2 Å². The molecule has 17 nitrogen and oxygen atoms in total. The van der Waals surface area contributed by atoms with Gasteiger partial charge >= 0.3 is 39.5 Å². The fraction of sp³-hybridized carbons (Fsp3) is 0.947.